The van der Waals surface area contributed by atoms with Crippen molar-refractivity contribution < 1.29 is 9.84 Å². The SMILES string of the molecule is Cc1cc(C)c(CO)c(Oc2cccnc2)n1. The van der Waals surface area contributed by atoms with Crippen molar-refractivity contribution in [3.63, 3.8) is 0 Å². The van der Waals surface area contributed by atoms with Gasteiger partial charge < -0.3 is 9.84 Å². The molecule has 2 aromatic rings. The second-order valence-electron chi connectivity index (χ2n) is 3.81. The molecule has 17 heavy (non-hydrogen) atoms. The number of hydrogen-bond acceptors (Lipinski definition) is 4. The van der Waals surface area contributed by atoms with E-state index in [9.17, 15) is 5.11 Å². The number of pyridine rings is 2. The van der Waals surface area contributed by atoms with Gasteiger partial charge in [-0.1, -0.05) is 0 Å². The van der Waals surface area contributed by atoms with Gasteiger partial charge in [0.2, 0.25) is 5.88 Å². The Hall–Kier alpha value is -1.94. The summed E-state index contributed by atoms with van der Waals surface area (Å²) < 4.78 is 5.63. The van der Waals surface area contributed by atoms with Crippen LogP contribution in [0.15, 0.2) is 30.6 Å². The molecule has 2 heterocycles. The minimum absolute atomic E-state index is 0.0886. The summed E-state index contributed by atoms with van der Waals surface area (Å²) in [6.45, 7) is 3.73. The zero-order chi connectivity index (χ0) is 12.3. The van der Waals surface area contributed by atoms with Crippen LogP contribution in [0.3, 0.4) is 0 Å². The molecule has 0 aliphatic heterocycles. The van der Waals surface area contributed by atoms with E-state index < -0.39 is 0 Å². The third kappa shape index (κ3) is 2.60. The minimum Gasteiger partial charge on any atom is -0.437 e. The molecule has 1 N–H and O–H groups in total. The Bertz CT molecular complexity index is 512. The highest BCUT2D eigenvalue weighted by Crippen LogP contribution is 2.25. The standard InChI is InChI=1S/C13H14N2O2/c1-9-6-10(2)15-13(12(9)8-16)17-11-4-3-5-14-7-11/h3-7,16H,8H2,1-2H3. The lowest BCUT2D eigenvalue weighted by Crippen LogP contribution is -1.99. The average Bonchev–Trinajstić information content (AvgIpc) is 2.30. The molecule has 0 saturated carbocycles. The van der Waals surface area contributed by atoms with Gasteiger partial charge in [0, 0.05) is 17.5 Å². The zero-order valence-electron chi connectivity index (χ0n) is 9.84. The van der Waals surface area contributed by atoms with Gasteiger partial charge in [0.1, 0.15) is 5.75 Å². The molecule has 0 amide bonds. The Morgan fingerprint density at radius 3 is 2.82 bits per heavy atom. The highest BCUT2D eigenvalue weighted by atomic mass is 16.5. The predicted octanol–water partition coefficient (Wildman–Crippen LogP) is 2.38. The summed E-state index contributed by atoms with van der Waals surface area (Å²) in [4.78, 5) is 8.26. The molecule has 0 aliphatic rings. The van der Waals surface area contributed by atoms with Gasteiger partial charge in [0.05, 0.1) is 12.8 Å². The van der Waals surface area contributed by atoms with Crippen molar-refractivity contribution in [1.29, 1.82) is 0 Å². The first-order valence-electron chi connectivity index (χ1n) is 5.36. The second kappa shape index (κ2) is 4.93. The van der Waals surface area contributed by atoms with Gasteiger partial charge >= 0.3 is 0 Å². The van der Waals surface area contributed by atoms with Crippen LogP contribution >= 0.6 is 0 Å². The van der Waals surface area contributed by atoms with Gasteiger partial charge in [0.25, 0.3) is 0 Å². The Morgan fingerprint density at radius 2 is 2.18 bits per heavy atom. The van der Waals surface area contributed by atoms with Crippen molar-refractivity contribution in [2.24, 2.45) is 0 Å². The normalized spacial score (nSPS) is 10.3. The molecule has 0 bridgehead atoms. The first-order valence-corrected chi connectivity index (χ1v) is 5.36. The van der Waals surface area contributed by atoms with Crippen LogP contribution < -0.4 is 4.74 Å². The van der Waals surface area contributed by atoms with Crippen molar-refractivity contribution in [2.75, 3.05) is 0 Å². The van der Waals surface area contributed by atoms with Crippen molar-refractivity contribution >= 4 is 0 Å². The Balaban J connectivity index is 2.38. The summed E-state index contributed by atoms with van der Waals surface area (Å²) >= 11 is 0. The molecule has 0 spiro atoms. The van der Waals surface area contributed by atoms with Gasteiger partial charge in [-0.25, -0.2) is 4.98 Å². The molecule has 0 saturated heterocycles. The van der Waals surface area contributed by atoms with Gasteiger partial charge in [-0.05, 0) is 37.6 Å². The van der Waals surface area contributed by atoms with E-state index in [1.165, 1.54) is 0 Å². The van der Waals surface area contributed by atoms with Crippen LogP contribution in [0.2, 0.25) is 0 Å². The number of ether oxygens (including phenoxy) is 1. The molecule has 0 unspecified atom stereocenters. The minimum atomic E-state index is -0.0886. The molecular weight excluding hydrogens is 216 g/mol. The van der Waals surface area contributed by atoms with Gasteiger partial charge in [-0.3, -0.25) is 4.98 Å². The molecule has 2 rings (SSSR count). The van der Waals surface area contributed by atoms with Crippen molar-refractivity contribution in [3.8, 4) is 11.6 Å². The number of aliphatic hydroxyl groups excluding tert-OH is 1. The van der Waals surface area contributed by atoms with Crippen molar-refractivity contribution in [1.82, 2.24) is 9.97 Å². The van der Waals surface area contributed by atoms with E-state index in [2.05, 4.69) is 9.97 Å². The average molecular weight is 230 g/mol. The highest BCUT2D eigenvalue weighted by Gasteiger charge is 2.10. The smallest absolute Gasteiger partial charge is 0.225 e. The van der Waals surface area contributed by atoms with Crippen LogP contribution in [0.4, 0.5) is 0 Å². The quantitative estimate of drug-likeness (QED) is 0.879. The van der Waals surface area contributed by atoms with E-state index >= 15 is 0 Å². The number of nitrogens with zero attached hydrogens (tertiary/aromatic N) is 2. The number of rotatable bonds is 3. The summed E-state index contributed by atoms with van der Waals surface area (Å²) in [5.74, 6) is 1.05. The van der Waals surface area contributed by atoms with Crippen LogP contribution in [0, 0.1) is 13.8 Å². The van der Waals surface area contributed by atoms with E-state index in [0.717, 1.165) is 11.3 Å². The first-order chi connectivity index (χ1) is 8.20. The molecule has 88 valence electrons. The Kier molecular flexibility index (Phi) is 3.35. The molecule has 0 aliphatic carbocycles. The molecule has 4 nitrogen and oxygen atoms in total. The largest absolute Gasteiger partial charge is 0.437 e. The van der Waals surface area contributed by atoms with Crippen LogP contribution in [0.5, 0.6) is 11.6 Å². The fourth-order valence-corrected chi connectivity index (χ4v) is 1.62. The lowest BCUT2D eigenvalue weighted by atomic mass is 10.1. The number of aromatic nitrogens is 2. The summed E-state index contributed by atoms with van der Waals surface area (Å²) in [7, 11) is 0. The van der Waals surface area contributed by atoms with Crippen LogP contribution in [-0.4, -0.2) is 15.1 Å². The summed E-state index contributed by atoms with van der Waals surface area (Å²) in [5.41, 5.74) is 2.54. The Labute approximate surface area is 99.9 Å². The van der Waals surface area contributed by atoms with E-state index in [1.807, 2.05) is 19.9 Å². The van der Waals surface area contributed by atoms with Crippen LogP contribution in [0.1, 0.15) is 16.8 Å². The van der Waals surface area contributed by atoms with E-state index in [4.69, 9.17) is 4.74 Å². The molecule has 0 fully saturated rings. The Morgan fingerprint density at radius 1 is 1.35 bits per heavy atom. The first kappa shape index (κ1) is 11.5. The maximum absolute atomic E-state index is 9.33. The number of aliphatic hydroxyl groups is 1. The maximum atomic E-state index is 9.33. The molecule has 0 aromatic carbocycles. The molecular formula is C13H14N2O2. The topological polar surface area (TPSA) is 55.2 Å². The van der Waals surface area contributed by atoms with Crippen molar-refractivity contribution in [2.45, 2.75) is 20.5 Å². The zero-order valence-corrected chi connectivity index (χ0v) is 9.84. The molecule has 2 aromatic heterocycles. The van der Waals surface area contributed by atoms with E-state index in [1.54, 1.807) is 24.5 Å². The fourth-order valence-electron chi connectivity index (χ4n) is 1.62. The van der Waals surface area contributed by atoms with Crippen molar-refractivity contribution in [3.05, 3.63) is 47.4 Å². The number of aryl methyl sites for hydroxylation is 2. The number of hydrogen-bond donors (Lipinski definition) is 1. The third-order valence-corrected chi connectivity index (χ3v) is 2.44. The maximum Gasteiger partial charge on any atom is 0.225 e. The summed E-state index contributed by atoms with van der Waals surface area (Å²) in [6.07, 6.45) is 3.29. The fraction of sp³-hybridized carbons (Fsp3) is 0.231. The highest BCUT2D eigenvalue weighted by molar-refractivity contribution is 5.37. The summed E-state index contributed by atoms with van der Waals surface area (Å²) in [5, 5.41) is 9.33. The third-order valence-electron chi connectivity index (χ3n) is 2.44. The lowest BCUT2D eigenvalue weighted by molar-refractivity contribution is 0.274. The van der Waals surface area contributed by atoms with Gasteiger partial charge in [-0.2, -0.15) is 0 Å². The molecule has 4 heteroatoms. The van der Waals surface area contributed by atoms with E-state index in [0.29, 0.717) is 17.2 Å². The molecule has 0 radical (unpaired) electrons. The van der Waals surface area contributed by atoms with Crippen LogP contribution in [0.25, 0.3) is 0 Å². The van der Waals surface area contributed by atoms with Crippen LogP contribution in [-0.2, 0) is 6.61 Å². The summed E-state index contributed by atoms with van der Waals surface area (Å²) in [6, 6.07) is 5.51. The second-order valence-corrected chi connectivity index (χ2v) is 3.81. The van der Waals surface area contributed by atoms with E-state index in [-0.39, 0.29) is 6.61 Å². The lowest BCUT2D eigenvalue weighted by Gasteiger charge is -2.11. The van der Waals surface area contributed by atoms with Gasteiger partial charge in [0.15, 0.2) is 0 Å². The monoisotopic (exact) mass is 230 g/mol. The predicted molar refractivity (Wildman–Crippen MR) is 63.9 cm³/mol. The molecule has 0 atom stereocenters. The van der Waals surface area contributed by atoms with Gasteiger partial charge in [-0.15, -0.1) is 0 Å².